The molecule has 0 saturated heterocycles. The molecule has 2 aliphatic carbocycles. The number of carbonyl (C=O) groups excluding carboxylic acids is 1. The fourth-order valence-corrected chi connectivity index (χ4v) is 3.60. The molecule has 3 atom stereocenters. The Kier molecular flexibility index (Phi) is 5.39. The molecule has 0 heterocycles. The van der Waals surface area contributed by atoms with E-state index in [9.17, 15) is 9.90 Å². The third kappa shape index (κ3) is 4.56. The summed E-state index contributed by atoms with van der Waals surface area (Å²) in [6, 6.07) is 0.269. The van der Waals surface area contributed by atoms with E-state index in [1.807, 2.05) is 11.8 Å². The number of aliphatic hydroxyl groups is 1. The van der Waals surface area contributed by atoms with Gasteiger partial charge in [-0.15, -0.1) is 0 Å². The number of amides is 2. The van der Waals surface area contributed by atoms with Gasteiger partial charge < -0.3 is 15.3 Å². The molecule has 0 bridgehead atoms. The van der Waals surface area contributed by atoms with Crippen molar-refractivity contribution in [3.05, 3.63) is 0 Å². The van der Waals surface area contributed by atoms with E-state index in [1.165, 1.54) is 12.8 Å². The normalized spacial score (nSPS) is 28.8. The highest BCUT2D eigenvalue weighted by Crippen LogP contribution is 2.32. The average Bonchev–Trinajstić information content (AvgIpc) is 3.23. The van der Waals surface area contributed by atoms with Crippen molar-refractivity contribution in [3.63, 3.8) is 0 Å². The zero-order valence-corrected chi connectivity index (χ0v) is 12.8. The van der Waals surface area contributed by atoms with Crippen LogP contribution in [-0.4, -0.2) is 53.3 Å². The van der Waals surface area contributed by atoms with E-state index in [0.29, 0.717) is 23.8 Å². The predicted octanol–water partition coefficient (Wildman–Crippen LogP) is 2.07. The maximum absolute atomic E-state index is 12.1. The number of hydrogen-bond acceptors (Lipinski definition) is 3. The number of urea groups is 1. The number of aliphatic hydroxyl groups excluding tert-OH is 1. The predicted molar refractivity (Wildman–Crippen MR) is 79.5 cm³/mol. The van der Waals surface area contributed by atoms with E-state index in [2.05, 4.69) is 11.6 Å². The third-order valence-electron chi connectivity index (χ3n) is 4.26. The fourth-order valence-electron chi connectivity index (χ4n) is 2.77. The first-order chi connectivity index (χ1) is 9.10. The summed E-state index contributed by atoms with van der Waals surface area (Å²) in [7, 11) is 1.77. The summed E-state index contributed by atoms with van der Waals surface area (Å²) < 4.78 is 0. The second-order valence-electron chi connectivity index (χ2n) is 5.96. The third-order valence-corrected chi connectivity index (χ3v) is 5.36. The van der Waals surface area contributed by atoms with Crippen LogP contribution in [-0.2, 0) is 0 Å². The Bertz CT molecular complexity index is 310. The number of rotatable bonds is 5. The van der Waals surface area contributed by atoms with E-state index in [4.69, 9.17) is 0 Å². The Morgan fingerprint density at radius 2 is 2.16 bits per heavy atom. The molecule has 5 heteroatoms. The SMILES string of the molecule is CSC1CCCC(NC(=O)N(C)CC(O)C2CC2)C1. The minimum absolute atomic E-state index is 0.0357. The van der Waals surface area contributed by atoms with Gasteiger partial charge in [0.2, 0.25) is 0 Å². The van der Waals surface area contributed by atoms with E-state index in [1.54, 1.807) is 11.9 Å². The van der Waals surface area contributed by atoms with E-state index >= 15 is 0 Å². The summed E-state index contributed by atoms with van der Waals surface area (Å²) >= 11 is 1.90. The van der Waals surface area contributed by atoms with E-state index in [0.717, 1.165) is 25.7 Å². The molecule has 2 N–H and O–H groups in total. The fraction of sp³-hybridized carbons (Fsp3) is 0.929. The van der Waals surface area contributed by atoms with Crippen LogP contribution in [0.3, 0.4) is 0 Å². The lowest BCUT2D eigenvalue weighted by molar-refractivity contribution is 0.112. The molecular weight excluding hydrogens is 260 g/mol. The number of thioether (sulfide) groups is 1. The molecule has 0 radical (unpaired) electrons. The van der Waals surface area contributed by atoms with Crippen LogP contribution in [0.15, 0.2) is 0 Å². The largest absolute Gasteiger partial charge is 0.391 e. The summed E-state index contributed by atoms with van der Waals surface area (Å²) in [6.45, 7) is 0.454. The monoisotopic (exact) mass is 286 g/mol. The maximum atomic E-state index is 12.1. The Morgan fingerprint density at radius 3 is 2.79 bits per heavy atom. The van der Waals surface area contributed by atoms with Gasteiger partial charge in [0.05, 0.1) is 6.10 Å². The second kappa shape index (κ2) is 6.84. The van der Waals surface area contributed by atoms with Gasteiger partial charge in [-0.3, -0.25) is 0 Å². The Morgan fingerprint density at radius 1 is 1.42 bits per heavy atom. The first kappa shape index (κ1) is 15.0. The molecule has 0 aromatic heterocycles. The summed E-state index contributed by atoms with van der Waals surface area (Å²) in [6.07, 6.45) is 8.64. The van der Waals surface area contributed by atoms with Crippen molar-refractivity contribution in [3.8, 4) is 0 Å². The molecule has 0 aromatic rings. The van der Waals surface area contributed by atoms with Gasteiger partial charge in [0.1, 0.15) is 0 Å². The second-order valence-corrected chi connectivity index (χ2v) is 7.09. The Balaban J connectivity index is 1.72. The quantitative estimate of drug-likeness (QED) is 0.813. The molecule has 4 nitrogen and oxygen atoms in total. The molecule has 0 spiro atoms. The van der Waals surface area contributed by atoms with Gasteiger partial charge in [-0.05, 0) is 44.3 Å². The van der Waals surface area contributed by atoms with E-state index < -0.39 is 0 Å². The van der Waals surface area contributed by atoms with Crippen LogP contribution in [0.25, 0.3) is 0 Å². The van der Waals surface area contributed by atoms with Crippen LogP contribution >= 0.6 is 11.8 Å². The first-order valence-corrected chi connectivity index (χ1v) is 8.61. The first-order valence-electron chi connectivity index (χ1n) is 7.32. The Hall–Kier alpha value is -0.420. The number of nitrogens with zero attached hydrogens (tertiary/aromatic N) is 1. The van der Waals surface area contributed by atoms with Crippen molar-refractivity contribution in [2.24, 2.45) is 5.92 Å². The molecule has 2 saturated carbocycles. The minimum atomic E-state index is -0.346. The van der Waals surface area contributed by atoms with Crippen molar-refractivity contribution >= 4 is 17.8 Å². The zero-order chi connectivity index (χ0) is 13.8. The molecule has 2 aliphatic rings. The van der Waals surface area contributed by atoms with Crippen LogP contribution < -0.4 is 5.32 Å². The summed E-state index contributed by atoms with van der Waals surface area (Å²) in [5.41, 5.74) is 0. The molecule has 2 rings (SSSR count). The average molecular weight is 286 g/mol. The zero-order valence-electron chi connectivity index (χ0n) is 12.0. The van der Waals surface area contributed by atoms with Crippen molar-refractivity contribution in [1.29, 1.82) is 0 Å². The van der Waals surface area contributed by atoms with Gasteiger partial charge in [-0.1, -0.05) is 6.42 Å². The lowest BCUT2D eigenvalue weighted by Gasteiger charge is -2.30. The minimum Gasteiger partial charge on any atom is -0.391 e. The van der Waals surface area contributed by atoms with Crippen LogP contribution in [0, 0.1) is 5.92 Å². The summed E-state index contributed by atoms with van der Waals surface area (Å²) in [4.78, 5) is 13.7. The smallest absolute Gasteiger partial charge is 0.317 e. The molecule has 19 heavy (non-hydrogen) atoms. The van der Waals surface area contributed by atoms with E-state index in [-0.39, 0.29) is 12.1 Å². The highest BCUT2D eigenvalue weighted by Gasteiger charge is 2.31. The maximum Gasteiger partial charge on any atom is 0.317 e. The van der Waals surface area contributed by atoms with Crippen molar-refractivity contribution in [1.82, 2.24) is 10.2 Å². The lowest BCUT2D eigenvalue weighted by Crippen LogP contribution is -2.47. The standard InChI is InChI=1S/C14H26N2O2S/c1-16(9-13(17)10-6-7-10)14(18)15-11-4-3-5-12(8-11)19-2/h10-13,17H,3-9H2,1-2H3,(H,15,18). The lowest BCUT2D eigenvalue weighted by atomic mass is 9.95. The Labute approximate surface area is 120 Å². The molecule has 0 aliphatic heterocycles. The molecular formula is C14H26N2O2S. The van der Waals surface area contributed by atoms with Crippen molar-refractivity contribution in [2.75, 3.05) is 19.8 Å². The molecule has 2 fully saturated rings. The number of nitrogens with one attached hydrogen (secondary N) is 1. The topological polar surface area (TPSA) is 52.6 Å². The van der Waals surface area contributed by atoms with Gasteiger partial charge in [-0.2, -0.15) is 11.8 Å². The highest BCUT2D eigenvalue weighted by molar-refractivity contribution is 7.99. The molecule has 0 aromatic carbocycles. The van der Waals surface area contributed by atoms with Crippen molar-refractivity contribution in [2.45, 2.75) is 55.9 Å². The highest BCUT2D eigenvalue weighted by atomic mass is 32.2. The van der Waals surface area contributed by atoms with Crippen LogP contribution in [0.1, 0.15) is 38.5 Å². The summed E-state index contributed by atoms with van der Waals surface area (Å²) in [5.74, 6) is 0.422. The van der Waals surface area contributed by atoms with Crippen LogP contribution in [0.4, 0.5) is 4.79 Å². The van der Waals surface area contributed by atoms with Gasteiger partial charge in [-0.25, -0.2) is 4.79 Å². The number of carbonyl (C=O) groups is 1. The number of hydrogen-bond donors (Lipinski definition) is 2. The molecule has 110 valence electrons. The van der Waals surface area contributed by atoms with Gasteiger partial charge >= 0.3 is 6.03 Å². The number of likely N-dealkylation sites (N-methyl/N-ethyl adjacent to an activating group) is 1. The van der Waals surface area contributed by atoms with Gasteiger partial charge in [0.25, 0.3) is 0 Å². The molecule has 2 amide bonds. The van der Waals surface area contributed by atoms with Crippen molar-refractivity contribution < 1.29 is 9.90 Å². The van der Waals surface area contributed by atoms with Gasteiger partial charge in [0.15, 0.2) is 0 Å². The van der Waals surface area contributed by atoms with Crippen LogP contribution in [0.5, 0.6) is 0 Å². The van der Waals surface area contributed by atoms with Gasteiger partial charge in [0, 0.05) is 24.9 Å². The molecule has 3 unspecified atom stereocenters. The van der Waals surface area contributed by atoms with Crippen LogP contribution in [0.2, 0.25) is 0 Å². The summed E-state index contributed by atoms with van der Waals surface area (Å²) in [5, 5.41) is 13.7.